The number of carbonyl (C=O) groups is 1. The second-order valence-corrected chi connectivity index (χ2v) is 6.20. The van der Waals surface area contributed by atoms with Gasteiger partial charge in [-0.1, -0.05) is 41.9 Å². The van der Waals surface area contributed by atoms with Gasteiger partial charge >= 0.3 is 0 Å². The molecule has 0 saturated heterocycles. The summed E-state index contributed by atoms with van der Waals surface area (Å²) in [6.07, 6.45) is 0.270. The zero-order valence-electron chi connectivity index (χ0n) is 13.0. The fourth-order valence-electron chi connectivity index (χ4n) is 2.80. The lowest BCUT2D eigenvalue weighted by atomic mass is 9.97. The Labute approximate surface area is 140 Å². The van der Waals surface area contributed by atoms with Crippen LogP contribution in [0.5, 0.6) is 0 Å². The molecule has 0 aliphatic carbocycles. The van der Waals surface area contributed by atoms with E-state index in [1.807, 2.05) is 19.1 Å². The monoisotopic (exact) mass is 328 g/mol. The molecule has 1 heterocycles. The Morgan fingerprint density at radius 3 is 2.48 bits per heavy atom. The largest absolute Gasteiger partial charge is 0.365 e. The number of amides is 1. The van der Waals surface area contributed by atoms with Crippen molar-refractivity contribution in [2.45, 2.75) is 26.0 Å². The van der Waals surface area contributed by atoms with E-state index in [0.29, 0.717) is 21.9 Å². The van der Waals surface area contributed by atoms with Gasteiger partial charge in [0.25, 0.3) is 5.91 Å². The predicted octanol–water partition coefficient (Wildman–Crippen LogP) is 3.72. The number of halogens is 1. The van der Waals surface area contributed by atoms with Gasteiger partial charge in [0.2, 0.25) is 0 Å². The number of aliphatic hydroxyl groups is 1. The number of rotatable bonds is 2. The number of benzene rings is 2. The first-order chi connectivity index (χ1) is 10.9. The Morgan fingerprint density at radius 1 is 1.17 bits per heavy atom. The molecule has 3 rings (SSSR count). The predicted molar refractivity (Wildman–Crippen MR) is 90.4 cm³/mol. The van der Waals surface area contributed by atoms with E-state index in [9.17, 15) is 9.90 Å². The first-order valence-corrected chi connectivity index (χ1v) is 7.72. The van der Waals surface area contributed by atoms with Gasteiger partial charge in [0.1, 0.15) is 0 Å². The molecule has 118 valence electrons. The molecule has 2 aromatic rings. The summed E-state index contributed by atoms with van der Waals surface area (Å²) in [5.74, 6) is -0.322. The van der Waals surface area contributed by atoms with E-state index in [-0.39, 0.29) is 12.3 Å². The quantitative estimate of drug-likeness (QED) is 0.913. The van der Waals surface area contributed by atoms with Crippen LogP contribution in [0.3, 0.4) is 0 Å². The minimum Gasteiger partial charge on any atom is -0.365 e. The first kappa shape index (κ1) is 15.7. The minimum absolute atomic E-state index is 0.270. The first-order valence-electron chi connectivity index (χ1n) is 7.34. The second kappa shape index (κ2) is 5.80. The lowest BCUT2D eigenvalue weighted by Gasteiger charge is -2.32. The van der Waals surface area contributed by atoms with Crippen LogP contribution in [0.25, 0.3) is 0 Å². The SMILES string of the molecule is CC1=NN(C(=O)c2ccccc2C)[C@](O)(c2ccc(Cl)cc2)C1. The summed E-state index contributed by atoms with van der Waals surface area (Å²) in [5, 5.41) is 17.2. The van der Waals surface area contributed by atoms with Crippen molar-refractivity contribution in [3.63, 3.8) is 0 Å². The molecule has 1 aliphatic heterocycles. The highest BCUT2D eigenvalue weighted by Gasteiger charge is 2.45. The van der Waals surface area contributed by atoms with Gasteiger partial charge in [0, 0.05) is 28.3 Å². The molecule has 4 nitrogen and oxygen atoms in total. The molecule has 23 heavy (non-hydrogen) atoms. The smallest absolute Gasteiger partial charge is 0.277 e. The van der Waals surface area contributed by atoms with Crippen molar-refractivity contribution in [1.82, 2.24) is 5.01 Å². The van der Waals surface area contributed by atoms with E-state index in [2.05, 4.69) is 5.10 Å². The second-order valence-electron chi connectivity index (χ2n) is 5.77. The molecule has 0 spiro atoms. The Balaban J connectivity index is 2.03. The Hall–Kier alpha value is -2.17. The van der Waals surface area contributed by atoms with E-state index in [0.717, 1.165) is 5.56 Å². The maximum Gasteiger partial charge on any atom is 0.277 e. The average Bonchev–Trinajstić information content (AvgIpc) is 2.83. The van der Waals surface area contributed by atoms with Crippen molar-refractivity contribution in [2.75, 3.05) is 0 Å². The van der Waals surface area contributed by atoms with Gasteiger partial charge in [-0.15, -0.1) is 0 Å². The van der Waals surface area contributed by atoms with Crippen LogP contribution in [0.4, 0.5) is 0 Å². The normalized spacial score (nSPS) is 20.5. The van der Waals surface area contributed by atoms with Crippen LogP contribution >= 0.6 is 11.6 Å². The van der Waals surface area contributed by atoms with E-state index < -0.39 is 5.72 Å². The number of carbonyl (C=O) groups excluding carboxylic acids is 1. The summed E-state index contributed by atoms with van der Waals surface area (Å²) < 4.78 is 0. The van der Waals surface area contributed by atoms with E-state index in [1.165, 1.54) is 5.01 Å². The molecule has 0 fully saturated rings. The highest BCUT2D eigenvalue weighted by molar-refractivity contribution is 6.30. The highest BCUT2D eigenvalue weighted by atomic mass is 35.5. The van der Waals surface area contributed by atoms with Gasteiger partial charge in [0.15, 0.2) is 5.72 Å². The summed E-state index contributed by atoms with van der Waals surface area (Å²) in [4.78, 5) is 12.9. The molecule has 1 amide bonds. The zero-order valence-corrected chi connectivity index (χ0v) is 13.7. The number of hydrazone groups is 1. The molecule has 1 N–H and O–H groups in total. The van der Waals surface area contributed by atoms with Gasteiger partial charge in [-0.05, 0) is 37.6 Å². The van der Waals surface area contributed by atoms with Gasteiger partial charge in [0.05, 0.1) is 0 Å². The van der Waals surface area contributed by atoms with Gasteiger partial charge in [-0.2, -0.15) is 10.1 Å². The third kappa shape index (κ3) is 2.76. The fraction of sp³-hybridized carbons (Fsp3) is 0.222. The van der Waals surface area contributed by atoms with Crippen molar-refractivity contribution >= 4 is 23.2 Å². The summed E-state index contributed by atoms with van der Waals surface area (Å²) in [6, 6.07) is 14.1. The van der Waals surface area contributed by atoms with Crippen LogP contribution in [-0.4, -0.2) is 21.7 Å². The molecule has 0 radical (unpaired) electrons. The minimum atomic E-state index is -1.49. The third-order valence-corrected chi connectivity index (χ3v) is 4.25. The lowest BCUT2D eigenvalue weighted by Crippen LogP contribution is -2.43. The number of aryl methyl sites for hydroxylation is 1. The van der Waals surface area contributed by atoms with Crippen LogP contribution in [0.2, 0.25) is 5.02 Å². The van der Waals surface area contributed by atoms with Crippen LogP contribution in [0.15, 0.2) is 53.6 Å². The third-order valence-electron chi connectivity index (χ3n) is 4.00. The Bertz CT molecular complexity index is 786. The van der Waals surface area contributed by atoms with Crippen molar-refractivity contribution in [2.24, 2.45) is 5.10 Å². The maximum absolute atomic E-state index is 12.9. The zero-order chi connectivity index (χ0) is 16.6. The standard InChI is InChI=1S/C18H17ClN2O2/c1-12-5-3-4-6-16(12)17(22)21-18(23,11-13(2)20-21)14-7-9-15(19)10-8-14/h3-10,23H,11H2,1-2H3/t18-/m1/s1. The topological polar surface area (TPSA) is 52.9 Å². The molecule has 0 bridgehead atoms. The van der Waals surface area contributed by atoms with Crippen molar-refractivity contribution in [1.29, 1.82) is 0 Å². The Kier molecular flexibility index (Phi) is 3.96. The summed E-state index contributed by atoms with van der Waals surface area (Å²) in [6.45, 7) is 3.66. The lowest BCUT2D eigenvalue weighted by molar-refractivity contribution is -0.0765. The summed E-state index contributed by atoms with van der Waals surface area (Å²) in [7, 11) is 0. The van der Waals surface area contributed by atoms with Crippen LogP contribution < -0.4 is 0 Å². The number of hydrogen-bond donors (Lipinski definition) is 1. The van der Waals surface area contributed by atoms with Crippen LogP contribution in [0.1, 0.15) is 34.8 Å². The molecule has 5 heteroatoms. The molecular formula is C18H17ClN2O2. The van der Waals surface area contributed by atoms with Crippen molar-refractivity contribution in [3.05, 3.63) is 70.2 Å². The van der Waals surface area contributed by atoms with Gasteiger partial charge in [-0.25, -0.2) is 0 Å². The molecule has 0 saturated carbocycles. The number of nitrogens with zero attached hydrogens (tertiary/aromatic N) is 2. The highest BCUT2D eigenvalue weighted by Crippen LogP contribution is 2.37. The van der Waals surface area contributed by atoms with Crippen molar-refractivity contribution in [3.8, 4) is 0 Å². The molecule has 0 aromatic heterocycles. The van der Waals surface area contributed by atoms with E-state index in [1.54, 1.807) is 43.3 Å². The molecule has 0 unspecified atom stereocenters. The molecule has 1 aliphatic rings. The van der Waals surface area contributed by atoms with E-state index in [4.69, 9.17) is 11.6 Å². The molecule has 1 atom stereocenters. The van der Waals surface area contributed by atoms with Gasteiger partial charge < -0.3 is 5.11 Å². The average molecular weight is 329 g/mol. The van der Waals surface area contributed by atoms with Crippen molar-refractivity contribution < 1.29 is 9.90 Å². The number of hydrogen-bond acceptors (Lipinski definition) is 3. The van der Waals surface area contributed by atoms with Crippen LogP contribution in [0, 0.1) is 6.92 Å². The van der Waals surface area contributed by atoms with E-state index >= 15 is 0 Å². The molecule has 2 aromatic carbocycles. The Morgan fingerprint density at radius 2 is 1.83 bits per heavy atom. The van der Waals surface area contributed by atoms with Gasteiger partial charge in [-0.3, -0.25) is 4.79 Å². The summed E-state index contributed by atoms with van der Waals surface area (Å²) in [5.41, 5.74) is 1.16. The fourth-order valence-corrected chi connectivity index (χ4v) is 2.93. The maximum atomic E-state index is 12.9. The molecular weight excluding hydrogens is 312 g/mol. The van der Waals surface area contributed by atoms with Crippen LogP contribution in [-0.2, 0) is 5.72 Å². The summed E-state index contributed by atoms with van der Waals surface area (Å²) >= 11 is 5.92.